The fourth-order valence-corrected chi connectivity index (χ4v) is 7.38. The van der Waals surface area contributed by atoms with E-state index in [2.05, 4.69) is 25.4 Å². The van der Waals surface area contributed by atoms with Crippen molar-refractivity contribution < 1.29 is 26.4 Å². The summed E-state index contributed by atoms with van der Waals surface area (Å²) < 4.78 is 61.2. The van der Waals surface area contributed by atoms with E-state index in [4.69, 9.17) is 0 Å². The Morgan fingerprint density at radius 2 is 1.62 bits per heavy atom. The maximum atomic E-state index is 13.1. The van der Waals surface area contributed by atoms with Gasteiger partial charge in [0, 0.05) is 22.2 Å². The molecule has 1 heterocycles. The normalized spacial score (nSPS) is 20.0. The number of piperidine rings is 1. The number of anilines is 1. The average Bonchev–Trinajstić information content (AvgIpc) is 2.72. The number of sulfonamides is 2. The van der Waals surface area contributed by atoms with Crippen LogP contribution in [0.5, 0.6) is 0 Å². The van der Waals surface area contributed by atoms with E-state index in [1.165, 1.54) is 46.8 Å². The second-order valence-corrected chi connectivity index (χ2v) is 12.1. The van der Waals surface area contributed by atoms with Gasteiger partial charge in [0.15, 0.2) is 0 Å². The molecule has 2 atom stereocenters. The standard InChI is InChI=1S/C21H25BrN2O6S2/c1-14-5-4-6-15(2)24(14)32(28,29)18-10-8-17(9-11-18)23-31(26,27)20-12-7-16(22)13-19(20)21(25)30-3/h7-15,23H,4-6H2,1-3H3/t14-,15-/m1/s1. The number of hydrogen-bond donors (Lipinski definition) is 1. The van der Waals surface area contributed by atoms with Crippen LogP contribution in [0.15, 0.2) is 56.7 Å². The molecule has 11 heteroatoms. The third-order valence-electron chi connectivity index (χ3n) is 5.43. The smallest absolute Gasteiger partial charge is 0.339 e. The summed E-state index contributed by atoms with van der Waals surface area (Å²) in [5.41, 5.74) is 0.0454. The average molecular weight is 545 g/mol. The van der Waals surface area contributed by atoms with Gasteiger partial charge in [0.25, 0.3) is 10.0 Å². The van der Waals surface area contributed by atoms with E-state index in [0.29, 0.717) is 4.47 Å². The zero-order chi connectivity index (χ0) is 23.7. The lowest BCUT2D eigenvalue weighted by Gasteiger charge is -2.37. The molecule has 0 bridgehead atoms. The van der Waals surface area contributed by atoms with Gasteiger partial charge in [0.1, 0.15) is 4.90 Å². The number of benzene rings is 2. The molecule has 1 N–H and O–H groups in total. The van der Waals surface area contributed by atoms with Crippen LogP contribution >= 0.6 is 15.9 Å². The van der Waals surface area contributed by atoms with Gasteiger partial charge in [-0.25, -0.2) is 21.6 Å². The number of methoxy groups -OCH3 is 1. The molecule has 1 aliphatic rings. The third-order valence-corrected chi connectivity index (χ3v) is 9.51. The molecular formula is C21H25BrN2O6S2. The van der Waals surface area contributed by atoms with Gasteiger partial charge < -0.3 is 4.74 Å². The number of halogens is 1. The van der Waals surface area contributed by atoms with Gasteiger partial charge in [-0.15, -0.1) is 0 Å². The molecular weight excluding hydrogens is 520 g/mol. The van der Waals surface area contributed by atoms with E-state index >= 15 is 0 Å². The number of carbonyl (C=O) groups excluding carboxylic acids is 1. The Kier molecular flexibility index (Phi) is 7.33. The van der Waals surface area contributed by atoms with Gasteiger partial charge >= 0.3 is 5.97 Å². The Morgan fingerprint density at radius 3 is 2.19 bits per heavy atom. The molecule has 8 nitrogen and oxygen atoms in total. The molecule has 1 fully saturated rings. The van der Waals surface area contributed by atoms with Crippen molar-refractivity contribution >= 4 is 47.6 Å². The predicted molar refractivity (Wildman–Crippen MR) is 125 cm³/mol. The van der Waals surface area contributed by atoms with E-state index in [9.17, 15) is 21.6 Å². The van der Waals surface area contributed by atoms with Crippen molar-refractivity contribution in [2.45, 2.75) is 55.0 Å². The Balaban J connectivity index is 1.88. The summed E-state index contributed by atoms with van der Waals surface area (Å²) >= 11 is 3.21. The van der Waals surface area contributed by atoms with Crippen LogP contribution in [-0.2, 0) is 24.8 Å². The van der Waals surface area contributed by atoms with E-state index in [0.717, 1.165) is 26.4 Å². The monoisotopic (exact) mass is 544 g/mol. The van der Waals surface area contributed by atoms with Gasteiger partial charge in [-0.05, 0) is 69.2 Å². The fourth-order valence-electron chi connectivity index (χ4n) is 3.90. The van der Waals surface area contributed by atoms with Crippen molar-refractivity contribution in [3.05, 3.63) is 52.5 Å². The molecule has 0 radical (unpaired) electrons. The molecule has 3 rings (SSSR count). The molecule has 2 aromatic carbocycles. The molecule has 0 aliphatic carbocycles. The summed E-state index contributed by atoms with van der Waals surface area (Å²) in [4.78, 5) is 11.9. The third kappa shape index (κ3) is 5.00. The summed E-state index contributed by atoms with van der Waals surface area (Å²) in [5.74, 6) is -0.794. The zero-order valence-electron chi connectivity index (χ0n) is 17.9. The van der Waals surface area contributed by atoms with Crippen LogP contribution < -0.4 is 4.72 Å². The lowest BCUT2D eigenvalue weighted by atomic mass is 10.0. The highest BCUT2D eigenvalue weighted by atomic mass is 79.9. The molecule has 1 aliphatic heterocycles. The van der Waals surface area contributed by atoms with Crippen molar-refractivity contribution in [2.75, 3.05) is 11.8 Å². The van der Waals surface area contributed by atoms with E-state index in [1.54, 1.807) is 0 Å². The van der Waals surface area contributed by atoms with Gasteiger partial charge in [-0.1, -0.05) is 22.4 Å². The van der Waals surface area contributed by atoms with Crippen molar-refractivity contribution in [1.29, 1.82) is 0 Å². The number of nitrogens with zero attached hydrogens (tertiary/aromatic N) is 1. The summed E-state index contributed by atoms with van der Waals surface area (Å²) in [5, 5.41) is 0. The van der Waals surface area contributed by atoms with Crippen LogP contribution in [0, 0.1) is 0 Å². The summed E-state index contributed by atoms with van der Waals surface area (Å²) in [6.45, 7) is 3.79. The lowest BCUT2D eigenvalue weighted by Crippen LogP contribution is -2.47. The minimum atomic E-state index is -4.13. The minimum absolute atomic E-state index is 0.0972. The number of carbonyl (C=O) groups is 1. The molecule has 0 spiro atoms. The molecule has 32 heavy (non-hydrogen) atoms. The maximum absolute atomic E-state index is 13.1. The highest BCUT2D eigenvalue weighted by Gasteiger charge is 2.35. The number of rotatable bonds is 6. The molecule has 174 valence electrons. The van der Waals surface area contributed by atoms with Crippen LogP contribution in [-0.4, -0.2) is 46.3 Å². The van der Waals surface area contributed by atoms with E-state index < -0.39 is 26.0 Å². The molecule has 1 saturated heterocycles. The molecule has 2 aromatic rings. The first-order valence-corrected chi connectivity index (χ1v) is 13.7. The number of nitrogens with one attached hydrogen (secondary N) is 1. The van der Waals surface area contributed by atoms with Crippen molar-refractivity contribution in [3.8, 4) is 0 Å². The Bertz CT molecular complexity index is 1200. The lowest BCUT2D eigenvalue weighted by molar-refractivity contribution is 0.0596. The summed E-state index contributed by atoms with van der Waals surface area (Å²) in [7, 11) is -6.68. The second kappa shape index (κ2) is 9.50. The van der Waals surface area contributed by atoms with E-state index in [1.807, 2.05) is 13.8 Å². The Morgan fingerprint density at radius 1 is 1.03 bits per heavy atom. The maximum Gasteiger partial charge on any atom is 0.339 e. The van der Waals surface area contributed by atoms with Crippen LogP contribution in [0.25, 0.3) is 0 Å². The molecule has 0 amide bonds. The first-order valence-electron chi connectivity index (χ1n) is 10.0. The zero-order valence-corrected chi connectivity index (χ0v) is 21.1. The van der Waals surface area contributed by atoms with Crippen LogP contribution in [0.1, 0.15) is 43.5 Å². The fraction of sp³-hybridized carbons (Fsp3) is 0.381. The minimum Gasteiger partial charge on any atom is -0.465 e. The van der Waals surface area contributed by atoms with Crippen molar-refractivity contribution in [1.82, 2.24) is 4.31 Å². The number of hydrogen-bond acceptors (Lipinski definition) is 6. The SMILES string of the molecule is COC(=O)c1cc(Br)ccc1S(=O)(=O)Nc1ccc(S(=O)(=O)N2[C@H](C)CCC[C@H]2C)cc1. The first-order chi connectivity index (χ1) is 15.0. The number of esters is 1. The first kappa shape index (κ1) is 24.7. The molecule has 0 aromatic heterocycles. The molecule has 0 saturated carbocycles. The summed E-state index contributed by atoms with van der Waals surface area (Å²) in [6, 6.07) is 9.48. The Labute approximate surface area is 197 Å². The number of ether oxygens (including phenoxy) is 1. The van der Waals surface area contributed by atoms with Gasteiger partial charge in [0.05, 0.1) is 17.6 Å². The van der Waals surface area contributed by atoms with Gasteiger partial charge in [-0.3, -0.25) is 4.72 Å². The summed E-state index contributed by atoms with van der Waals surface area (Å²) in [6.07, 6.45) is 2.59. The molecule has 0 unspecified atom stereocenters. The largest absolute Gasteiger partial charge is 0.465 e. The highest BCUT2D eigenvalue weighted by molar-refractivity contribution is 9.10. The van der Waals surface area contributed by atoms with Crippen LogP contribution in [0.2, 0.25) is 0 Å². The van der Waals surface area contributed by atoms with Gasteiger partial charge in [-0.2, -0.15) is 4.31 Å². The van der Waals surface area contributed by atoms with Gasteiger partial charge in [0.2, 0.25) is 10.0 Å². The van der Waals surface area contributed by atoms with Crippen LogP contribution in [0.3, 0.4) is 0 Å². The van der Waals surface area contributed by atoms with Crippen molar-refractivity contribution in [3.63, 3.8) is 0 Å². The van der Waals surface area contributed by atoms with Crippen LogP contribution in [0.4, 0.5) is 5.69 Å². The topological polar surface area (TPSA) is 110 Å². The predicted octanol–water partition coefficient (Wildman–Crippen LogP) is 3.99. The van der Waals surface area contributed by atoms with Crippen molar-refractivity contribution in [2.24, 2.45) is 0 Å². The van der Waals surface area contributed by atoms with E-state index in [-0.39, 0.29) is 33.1 Å². The quantitative estimate of drug-likeness (QED) is 0.550. The highest BCUT2D eigenvalue weighted by Crippen LogP contribution is 2.30. The second-order valence-electron chi connectivity index (χ2n) is 7.73. The Hall–Kier alpha value is -1.95.